The number of aromatic nitrogens is 2. The van der Waals surface area contributed by atoms with Crippen LogP contribution < -0.4 is 19.7 Å². The molecule has 0 unspecified atom stereocenters. The Labute approximate surface area is 198 Å². The molecular formula is C26H24N4O2S. The largest absolute Gasteiger partial charge is 0.497 e. The number of nitrogens with one attached hydrogen (secondary N) is 1. The van der Waals surface area contributed by atoms with Gasteiger partial charge in [-0.3, -0.25) is 4.98 Å². The molecule has 0 radical (unpaired) electrons. The molecule has 2 atom stereocenters. The Kier molecular flexibility index (Phi) is 5.71. The first kappa shape index (κ1) is 21.0. The van der Waals surface area contributed by atoms with Gasteiger partial charge in [0.15, 0.2) is 5.11 Å². The fraction of sp³-hybridized carbons (Fsp3) is 0.154. The van der Waals surface area contributed by atoms with E-state index in [1.165, 1.54) is 0 Å². The van der Waals surface area contributed by atoms with Gasteiger partial charge in [0.05, 0.1) is 26.0 Å². The molecule has 33 heavy (non-hydrogen) atoms. The summed E-state index contributed by atoms with van der Waals surface area (Å²) in [6, 6.07) is 25.9. The summed E-state index contributed by atoms with van der Waals surface area (Å²) in [4.78, 5) is 6.80. The maximum atomic E-state index is 5.83. The number of nitrogens with zero attached hydrogens (tertiary/aromatic N) is 3. The first-order valence-corrected chi connectivity index (χ1v) is 11.1. The van der Waals surface area contributed by atoms with Gasteiger partial charge < -0.3 is 24.3 Å². The minimum Gasteiger partial charge on any atom is -0.497 e. The molecule has 7 heteroatoms. The average molecular weight is 457 g/mol. The zero-order chi connectivity index (χ0) is 22.8. The van der Waals surface area contributed by atoms with E-state index in [2.05, 4.69) is 50.2 Å². The first-order valence-electron chi connectivity index (χ1n) is 10.7. The van der Waals surface area contributed by atoms with Gasteiger partial charge in [0.25, 0.3) is 0 Å². The van der Waals surface area contributed by atoms with Gasteiger partial charge in [-0.15, -0.1) is 0 Å². The number of hydrogen-bond acceptors (Lipinski definition) is 4. The molecule has 1 fully saturated rings. The molecule has 0 saturated carbocycles. The Bertz CT molecular complexity index is 1240. The lowest BCUT2D eigenvalue weighted by atomic mass is 10.0. The summed E-state index contributed by atoms with van der Waals surface area (Å²) in [7, 11) is 3.34. The number of rotatable bonds is 6. The number of pyridine rings is 1. The molecule has 0 amide bonds. The van der Waals surface area contributed by atoms with Crippen LogP contribution >= 0.6 is 12.2 Å². The second kappa shape index (κ2) is 8.96. The standard InChI is InChI=1S/C26H24N4O2S/c1-31-20-12-8-18(9-13-20)29-17-5-7-23(29)25-24(22-6-3-4-16-27-22)28-26(33)30(25)19-10-14-21(32-2)15-11-19/h3-17,24-25H,1-2H3,(H,28,33)/t24-,25-/m1/s1. The van der Waals surface area contributed by atoms with Crippen molar-refractivity contribution in [2.45, 2.75) is 12.1 Å². The normalized spacial score (nSPS) is 17.6. The van der Waals surface area contributed by atoms with Crippen molar-refractivity contribution >= 4 is 23.0 Å². The van der Waals surface area contributed by atoms with Gasteiger partial charge in [-0.25, -0.2) is 0 Å². The van der Waals surface area contributed by atoms with Crippen molar-refractivity contribution in [1.82, 2.24) is 14.9 Å². The Morgan fingerprint density at radius 3 is 2.09 bits per heavy atom. The number of hydrogen-bond donors (Lipinski definition) is 1. The highest BCUT2D eigenvalue weighted by Gasteiger charge is 2.42. The van der Waals surface area contributed by atoms with E-state index in [4.69, 9.17) is 21.7 Å². The highest BCUT2D eigenvalue weighted by molar-refractivity contribution is 7.80. The molecule has 1 aliphatic heterocycles. The SMILES string of the molecule is COc1ccc(N2C(=S)N[C@H](c3ccccn3)[C@H]2c2cccn2-c2ccc(OC)cc2)cc1. The van der Waals surface area contributed by atoms with Crippen molar-refractivity contribution < 1.29 is 9.47 Å². The molecule has 5 rings (SSSR count). The molecule has 166 valence electrons. The van der Waals surface area contributed by atoms with Crippen molar-refractivity contribution in [3.8, 4) is 17.2 Å². The van der Waals surface area contributed by atoms with Crippen LogP contribution in [0.1, 0.15) is 23.5 Å². The highest BCUT2D eigenvalue weighted by atomic mass is 32.1. The van der Waals surface area contributed by atoms with E-state index in [1.54, 1.807) is 14.2 Å². The van der Waals surface area contributed by atoms with Gasteiger partial charge >= 0.3 is 0 Å². The lowest BCUT2D eigenvalue weighted by Crippen LogP contribution is -2.30. The summed E-state index contributed by atoms with van der Waals surface area (Å²) in [6.45, 7) is 0. The van der Waals surface area contributed by atoms with Crippen LogP contribution in [-0.4, -0.2) is 28.9 Å². The lowest BCUT2D eigenvalue weighted by Gasteiger charge is -2.29. The van der Waals surface area contributed by atoms with Gasteiger partial charge in [-0.1, -0.05) is 6.07 Å². The van der Waals surface area contributed by atoms with Gasteiger partial charge in [0.2, 0.25) is 0 Å². The molecule has 0 spiro atoms. The summed E-state index contributed by atoms with van der Waals surface area (Å²) >= 11 is 5.83. The van der Waals surface area contributed by atoms with Gasteiger partial charge in [0, 0.05) is 29.5 Å². The van der Waals surface area contributed by atoms with Crippen molar-refractivity contribution in [3.63, 3.8) is 0 Å². The van der Waals surface area contributed by atoms with Crippen molar-refractivity contribution in [2.24, 2.45) is 0 Å². The van der Waals surface area contributed by atoms with Crippen molar-refractivity contribution in [3.05, 3.63) is 103 Å². The Morgan fingerprint density at radius 2 is 1.48 bits per heavy atom. The summed E-state index contributed by atoms with van der Waals surface area (Å²) in [5.41, 5.74) is 4.06. The Hall–Kier alpha value is -3.84. The first-order chi connectivity index (χ1) is 16.2. The summed E-state index contributed by atoms with van der Waals surface area (Å²) in [5, 5.41) is 4.17. The van der Waals surface area contributed by atoms with Gasteiger partial charge in [0.1, 0.15) is 17.5 Å². The second-order valence-corrected chi connectivity index (χ2v) is 8.08. The monoisotopic (exact) mass is 456 g/mol. The second-order valence-electron chi connectivity index (χ2n) is 7.70. The van der Waals surface area contributed by atoms with E-state index in [0.29, 0.717) is 5.11 Å². The topological polar surface area (TPSA) is 51.5 Å². The molecule has 0 bridgehead atoms. The number of thiocarbonyl (C=S) groups is 1. The van der Waals surface area contributed by atoms with Crippen LogP contribution in [0.4, 0.5) is 5.69 Å². The quantitative estimate of drug-likeness (QED) is 0.409. The number of anilines is 1. The maximum absolute atomic E-state index is 5.83. The summed E-state index contributed by atoms with van der Waals surface area (Å²) in [6.07, 6.45) is 3.88. The molecule has 2 aromatic heterocycles. The molecule has 4 aromatic rings. The molecular weight excluding hydrogens is 432 g/mol. The van der Waals surface area contributed by atoms with Gasteiger partial charge in [-0.05, 0) is 85.0 Å². The van der Waals surface area contributed by atoms with E-state index in [-0.39, 0.29) is 12.1 Å². The average Bonchev–Trinajstić information content (AvgIpc) is 3.49. The molecule has 1 aliphatic rings. The van der Waals surface area contributed by atoms with Gasteiger partial charge in [-0.2, -0.15) is 0 Å². The highest BCUT2D eigenvalue weighted by Crippen LogP contribution is 2.42. The minimum atomic E-state index is -0.118. The zero-order valence-electron chi connectivity index (χ0n) is 18.4. The molecule has 2 aromatic carbocycles. The third-order valence-corrected chi connectivity index (χ3v) is 6.20. The van der Waals surface area contributed by atoms with Crippen LogP contribution in [-0.2, 0) is 0 Å². The lowest BCUT2D eigenvalue weighted by molar-refractivity contribution is 0.414. The van der Waals surface area contributed by atoms with E-state index in [9.17, 15) is 0 Å². The van der Waals surface area contributed by atoms with Crippen molar-refractivity contribution in [1.29, 1.82) is 0 Å². The van der Waals surface area contributed by atoms with Crippen LogP contribution in [0, 0.1) is 0 Å². The summed E-state index contributed by atoms with van der Waals surface area (Å²) < 4.78 is 12.9. The number of methoxy groups -OCH3 is 2. The predicted octanol–water partition coefficient (Wildman–Crippen LogP) is 5.07. The zero-order valence-corrected chi connectivity index (χ0v) is 19.2. The predicted molar refractivity (Wildman–Crippen MR) is 133 cm³/mol. The molecule has 0 aliphatic carbocycles. The Morgan fingerprint density at radius 1 is 0.818 bits per heavy atom. The smallest absolute Gasteiger partial charge is 0.174 e. The van der Waals surface area contributed by atoms with Crippen molar-refractivity contribution in [2.75, 3.05) is 19.1 Å². The van der Waals surface area contributed by atoms with E-state index in [1.807, 2.05) is 60.8 Å². The third kappa shape index (κ3) is 3.91. The molecule has 1 N–H and O–H groups in total. The van der Waals surface area contributed by atoms with Crippen LogP contribution in [0.5, 0.6) is 11.5 Å². The fourth-order valence-corrected chi connectivity index (χ4v) is 4.64. The number of ether oxygens (including phenoxy) is 2. The molecule has 1 saturated heterocycles. The fourth-order valence-electron chi connectivity index (χ4n) is 4.29. The van der Waals surface area contributed by atoms with Crippen LogP contribution in [0.25, 0.3) is 5.69 Å². The van der Waals surface area contributed by atoms with E-state index < -0.39 is 0 Å². The molecule has 6 nitrogen and oxygen atoms in total. The van der Waals surface area contributed by atoms with Crippen LogP contribution in [0.15, 0.2) is 91.3 Å². The van der Waals surface area contributed by atoms with Crippen LogP contribution in [0.2, 0.25) is 0 Å². The van der Waals surface area contributed by atoms with E-state index >= 15 is 0 Å². The number of benzene rings is 2. The third-order valence-electron chi connectivity index (χ3n) is 5.88. The minimum absolute atomic E-state index is 0.113. The Balaban J connectivity index is 1.62. The van der Waals surface area contributed by atoms with E-state index in [0.717, 1.165) is 34.3 Å². The maximum Gasteiger partial charge on any atom is 0.174 e. The molecule has 3 heterocycles. The summed E-state index contributed by atoms with van der Waals surface area (Å²) in [5.74, 6) is 1.62. The van der Waals surface area contributed by atoms with Crippen LogP contribution in [0.3, 0.4) is 0 Å².